The fraction of sp³-hybridized carbons (Fsp3) is 0.160. The Bertz CT molecular complexity index is 1380. The number of carbonyl (C=O) groups is 1. The number of carbonyl (C=O) groups excluding carboxylic acids is 1. The number of pyridine rings is 2. The van der Waals surface area contributed by atoms with Crippen molar-refractivity contribution >= 4 is 34.2 Å². The molecule has 0 aliphatic heterocycles. The molecule has 0 aliphatic carbocycles. The molecular weight excluding hydrogens is 483 g/mol. The maximum Gasteiger partial charge on any atom is 0.416 e. The highest BCUT2D eigenvalue weighted by molar-refractivity contribution is 6.35. The number of aromatic nitrogens is 2. The molecule has 2 aromatic heterocycles. The summed E-state index contributed by atoms with van der Waals surface area (Å²) >= 11 is 6.34. The quantitative estimate of drug-likeness (QED) is 0.285. The Hall–Kier alpha value is -3.85. The molecule has 4 aromatic rings. The van der Waals surface area contributed by atoms with Crippen molar-refractivity contribution in [2.45, 2.75) is 19.1 Å². The lowest BCUT2D eigenvalue weighted by molar-refractivity contribution is -0.137. The molecule has 0 amide bonds. The predicted octanol–water partition coefficient (Wildman–Crippen LogP) is 7.05. The van der Waals surface area contributed by atoms with Crippen molar-refractivity contribution in [3.05, 3.63) is 88.7 Å². The Labute approximate surface area is 203 Å². The molecule has 2 aromatic carbocycles. The predicted molar refractivity (Wildman–Crippen MR) is 126 cm³/mol. The molecule has 0 unspecified atom stereocenters. The van der Waals surface area contributed by atoms with E-state index in [0.29, 0.717) is 27.2 Å². The number of hydrogen-bond donors (Lipinski definition) is 1. The van der Waals surface area contributed by atoms with Crippen LogP contribution in [0.3, 0.4) is 0 Å². The van der Waals surface area contributed by atoms with Crippen LogP contribution in [0.1, 0.15) is 34.5 Å². The topological polar surface area (TPSA) is 73.3 Å². The number of nitrogens with zero attached hydrogens (tertiary/aromatic N) is 2. The van der Waals surface area contributed by atoms with Gasteiger partial charge >= 0.3 is 12.1 Å². The Morgan fingerprint density at radius 3 is 2.51 bits per heavy atom. The SMILES string of the molecule is COC(=O)c1ccc([C@H](C)Nc2nccc3c(Cl)cnc(Oc4cccc(C(F)(F)F)c4)c23)cc1. The molecule has 10 heteroatoms. The largest absolute Gasteiger partial charge is 0.465 e. The number of esters is 1. The molecule has 0 fully saturated rings. The van der Waals surface area contributed by atoms with Crippen LogP contribution in [-0.2, 0) is 10.9 Å². The summed E-state index contributed by atoms with van der Waals surface area (Å²) in [6, 6.07) is 12.8. The Kier molecular flexibility index (Phi) is 6.79. The minimum Gasteiger partial charge on any atom is -0.465 e. The number of anilines is 1. The van der Waals surface area contributed by atoms with Crippen LogP contribution in [0.15, 0.2) is 67.0 Å². The minimum atomic E-state index is -4.51. The van der Waals surface area contributed by atoms with Crippen molar-refractivity contribution in [1.82, 2.24) is 9.97 Å². The third-order valence-corrected chi connectivity index (χ3v) is 5.58. The highest BCUT2D eigenvalue weighted by Crippen LogP contribution is 2.38. The van der Waals surface area contributed by atoms with Crippen molar-refractivity contribution in [1.29, 1.82) is 0 Å². The van der Waals surface area contributed by atoms with Gasteiger partial charge in [0.15, 0.2) is 0 Å². The molecule has 0 radical (unpaired) electrons. The lowest BCUT2D eigenvalue weighted by atomic mass is 10.1. The average molecular weight is 502 g/mol. The van der Waals surface area contributed by atoms with Gasteiger partial charge in [-0.05, 0) is 48.9 Å². The van der Waals surface area contributed by atoms with Gasteiger partial charge in [-0.2, -0.15) is 13.2 Å². The molecule has 4 rings (SSSR count). The van der Waals surface area contributed by atoms with E-state index in [1.54, 1.807) is 36.5 Å². The van der Waals surface area contributed by atoms with E-state index in [-0.39, 0.29) is 17.7 Å². The fourth-order valence-electron chi connectivity index (χ4n) is 3.48. The maximum absolute atomic E-state index is 13.1. The van der Waals surface area contributed by atoms with E-state index in [2.05, 4.69) is 15.3 Å². The fourth-order valence-corrected chi connectivity index (χ4v) is 3.68. The highest BCUT2D eigenvalue weighted by atomic mass is 35.5. The second-order valence-electron chi connectivity index (χ2n) is 7.60. The monoisotopic (exact) mass is 501 g/mol. The number of halogens is 4. The zero-order valence-corrected chi connectivity index (χ0v) is 19.3. The number of rotatable bonds is 6. The van der Waals surface area contributed by atoms with Gasteiger partial charge in [0.2, 0.25) is 5.88 Å². The average Bonchev–Trinajstić information content (AvgIpc) is 2.85. The van der Waals surface area contributed by atoms with Gasteiger partial charge < -0.3 is 14.8 Å². The molecule has 6 nitrogen and oxygen atoms in total. The highest BCUT2D eigenvalue weighted by Gasteiger charge is 2.30. The van der Waals surface area contributed by atoms with Crippen molar-refractivity contribution in [2.75, 3.05) is 12.4 Å². The number of methoxy groups -OCH3 is 1. The zero-order valence-electron chi connectivity index (χ0n) is 18.6. The number of fused-ring (bicyclic) bond motifs is 1. The minimum absolute atomic E-state index is 0.0304. The molecule has 1 N–H and O–H groups in total. The summed E-state index contributed by atoms with van der Waals surface area (Å²) in [5.74, 6) is -0.0428. The summed E-state index contributed by atoms with van der Waals surface area (Å²) in [6.45, 7) is 1.89. The molecule has 0 saturated heterocycles. The summed E-state index contributed by atoms with van der Waals surface area (Å²) in [6.07, 6.45) is -1.59. The van der Waals surface area contributed by atoms with Crippen LogP contribution in [0.2, 0.25) is 5.02 Å². The van der Waals surface area contributed by atoms with Gasteiger partial charge in [-0.1, -0.05) is 29.8 Å². The van der Waals surface area contributed by atoms with Crippen LogP contribution in [0, 0.1) is 0 Å². The van der Waals surface area contributed by atoms with Gasteiger partial charge in [-0.15, -0.1) is 0 Å². The van der Waals surface area contributed by atoms with Crippen LogP contribution in [0.25, 0.3) is 10.8 Å². The van der Waals surface area contributed by atoms with Gasteiger partial charge in [0, 0.05) is 17.6 Å². The maximum atomic E-state index is 13.1. The number of benzene rings is 2. The Morgan fingerprint density at radius 1 is 1.09 bits per heavy atom. The second-order valence-corrected chi connectivity index (χ2v) is 8.01. The van der Waals surface area contributed by atoms with E-state index in [4.69, 9.17) is 21.1 Å². The molecule has 0 aliphatic rings. The second kappa shape index (κ2) is 9.79. The van der Waals surface area contributed by atoms with Crippen LogP contribution in [-0.4, -0.2) is 23.0 Å². The molecular formula is C25H19ClF3N3O3. The van der Waals surface area contributed by atoms with Gasteiger partial charge in [-0.25, -0.2) is 14.8 Å². The summed E-state index contributed by atoms with van der Waals surface area (Å²) in [4.78, 5) is 20.3. The van der Waals surface area contributed by atoms with E-state index in [0.717, 1.165) is 17.7 Å². The molecule has 35 heavy (non-hydrogen) atoms. The van der Waals surface area contributed by atoms with Crippen LogP contribution in [0.4, 0.5) is 19.0 Å². The first-order chi connectivity index (χ1) is 16.7. The standard InChI is InChI=1S/C25H19ClF3N3O3/c1-14(15-6-8-16(9-7-15)24(33)34-2)32-22-21-19(10-11-30-22)20(26)13-31-23(21)35-18-5-3-4-17(12-18)25(27,28)29/h3-14H,1-2H3,(H,30,32)/t14-/m0/s1. The number of nitrogens with one attached hydrogen (secondary N) is 1. The summed E-state index contributed by atoms with van der Waals surface area (Å²) in [5.41, 5.74) is 0.431. The molecule has 180 valence electrons. The van der Waals surface area contributed by atoms with E-state index in [1.165, 1.54) is 25.4 Å². The normalized spacial score (nSPS) is 12.3. The third kappa shape index (κ3) is 5.30. The first-order valence-electron chi connectivity index (χ1n) is 10.4. The van der Waals surface area contributed by atoms with Gasteiger partial charge in [0.05, 0.1) is 34.8 Å². The van der Waals surface area contributed by atoms with Crippen LogP contribution >= 0.6 is 11.6 Å². The van der Waals surface area contributed by atoms with Crippen LogP contribution < -0.4 is 10.1 Å². The lowest BCUT2D eigenvalue weighted by Gasteiger charge is -2.18. The number of hydrogen-bond acceptors (Lipinski definition) is 6. The molecule has 0 bridgehead atoms. The Morgan fingerprint density at radius 2 is 1.83 bits per heavy atom. The number of ether oxygens (including phenoxy) is 2. The van der Waals surface area contributed by atoms with Crippen molar-refractivity contribution in [3.63, 3.8) is 0 Å². The molecule has 1 atom stereocenters. The summed E-state index contributed by atoms with van der Waals surface area (Å²) < 4.78 is 49.9. The number of alkyl halides is 3. The third-order valence-electron chi connectivity index (χ3n) is 5.28. The summed E-state index contributed by atoms with van der Waals surface area (Å²) in [5, 5.41) is 4.57. The van der Waals surface area contributed by atoms with Crippen LogP contribution in [0.5, 0.6) is 11.6 Å². The van der Waals surface area contributed by atoms with E-state index >= 15 is 0 Å². The van der Waals surface area contributed by atoms with Gasteiger partial charge in [0.1, 0.15) is 11.6 Å². The first-order valence-corrected chi connectivity index (χ1v) is 10.8. The van der Waals surface area contributed by atoms with E-state index < -0.39 is 17.7 Å². The van der Waals surface area contributed by atoms with Crippen molar-refractivity contribution in [3.8, 4) is 11.6 Å². The molecule has 0 saturated carbocycles. The smallest absolute Gasteiger partial charge is 0.416 e. The Balaban J connectivity index is 1.69. The van der Waals surface area contributed by atoms with Crippen molar-refractivity contribution in [2.24, 2.45) is 0 Å². The molecule has 0 spiro atoms. The first kappa shape index (κ1) is 24.3. The van der Waals surface area contributed by atoms with Crippen molar-refractivity contribution < 1.29 is 27.4 Å². The zero-order chi connectivity index (χ0) is 25.2. The molecule has 2 heterocycles. The van der Waals surface area contributed by atoms with Gasteiger partial charge in [-0.3, -0.25) is 0 Å². The van der Waals surface area contributed by atoms with E-state index in [1.807, 2.05) is 6.92 Å². The lowest BCUT2D eigenvalue weighted by Crippen LogP contribution is -2.09. The summed E-state index contributed by atoms with van der Waals surface area (Å²) in [7, 11) is 1.31. The van der Waals surface area contributed by atoms with E-state index in [9.17, 15) is 18.0 Å². The van der Waals surface area contributed by atoms with Gasteiger partial charge in [0.25, 0.3) is 0 Å².